The maximum atomic E-state index is 13.0. The minimum atomic E-state index is -5.05. The van der Waals surface area contributed by atoms with E-state index in [0.717, 1.165) is 6.07 Å². The number of hydrogen-bond acceptors (Lipinski definition) is 6. The molecule has 0 unspecified atom stereocenters. The smallest absolute Gasteiger partial charge is 0.324 e. The molecule has 26 heavy (non-hydrogen) atoms. The lowest BCUT2D eigenvalue weighted by Crippen LogP contribution is -2.46. The molecule has 0 aliphatic heterocycles. The maximum Gasteiger partial charge on any atom is 0.423 e. The summed E-state index contributed by atoms with van der Waals surface area (Å²) in [4.78, 5) is 21.8. The van der Waals surface area contributed by atoms with Crippen molar-refractivity contribution < 1.29 is 40.0 Å². The van der Waals surface area contributed by atoms with Crippen LogP contribution in [0.5, 0.6) is 0 Å². The second-order valence-corrected chi connectivity index (χ2v) is 6.18. The van der Waals surface area contributed by atoms with Crippen molar-refractivity contribution in [1.29, 1.82) is 0 Å². The average molecular weight is 400 g/mol. The Balaban J connectivity index is 3.29. The third-order valence-electron chi connectivity index (χ3n) is 3.58. The number of nitrogens with zero attached hydrogens (tertiary/aromatic N) is 1. The summed E-state index contributed by atoms with van der Waals surface area (Å²) in [6.07, 6.45) is -5.51. The molecule has 0 atom stereocenters. The summed E-state index contributed by atoms with van der Waals surface area (Å²) in [6, 6.07) is 1.76. The highest BCUT2D eigenvalue weighted by atomic mass is 32.3. The Hall–Kier alpha value is -2.25. The van der Waals surface area contributed by atoms with Gasteiger partial charge in [0.25, 0.3) is 11.6 Å². The molecule has 0 saturated carbocycles. The molecular formula is C13H15F3N2O7S. The van der Waals surface area contributed by atoms with Crippen molar-refractivity contribution in [3.8, 4) is 0 Å². The topological polar surface area (TPSA) is 136 Å². The molecule has 1 amide bonds. The Kier molecular flexibility index (Phi) is 6.33. The molecule has 1 aromatic carbocycles. The molecular weight excluding hydrogens is 385 g/mol. The van der Waals surface area contributed by atoms with Crippen LogP contribution >= 0.6 is 0 Å². The molecule has 0 fully saturated rings. The standard InChI is InChI=1S/C13H15F3N2O7S/c1-3-12(4-2,25-26(22,23)24)11(19)17-8-5-6-10(18(20)21)9(7-8)13(14,15)16/h5-7H,3-4H2,1-2H3,(H,17,19)(H,22,23,24). The lowest BCUT2D eigenvalue weighted by molar-refractivity contribution is -0.388. The van der Waals surface area contributed by atoms with Crippen LogP contribution in [0, 0.1) is 10.1 Å². The highest BCUT2D eigenvalue weighted by Gasteiger charge is 2.42. The van der Waals surface area contributed by atoms with Gasteiger partial charge in [0, 0.05) is 11.8 Å². The van der Waals surface area contributed by atoms with Gasteiger partial charge in [-0.3, -0.25) is 19.5 Å². The molecule has 0 radical (unpaired) electrons. The number of carbonyl (C=O) groups is 1. The van der Waals surface area contributed by atoms with Gasteiger partial charge in [0.1, 0.15) is 5.56 Å². The van der Waals surface area contributed by atoms with Crippen LogP contribution in [-0.2, 0) is 25.6 Å². The van der Waals surface area contributed by atoms with Gasteiger partial charge < -0.3 is 5.32 Å². The van der Waals surface area contributed by atoms with Crippen molar-refractivity contribution in [3.05, 3.63) is 33.9 Å². The van der Waals surface area contributed by atoms with Crippen molar-refractivity contribution in [1.82, 2.24) is 0 Å². The third-order valence-corrected chi connectivity index (χ3v) is 4.11. The summed E-state index contributed by atoms with van der Waals surface area (Å²) in [6.45, 7) is 2.73. The second kappa shape index (κ2) is 7.55. The molecule has 146 valence electrons. The predicted molar refractivity (Wildman–Crippen MR) is 82.7 cm³/mol. The SMILES string of the molecule is CCC(CC)(OS(=O)(=O)O)C(=O)Nc1ccc([N+](=O)[O-])c(C(F)(F)F)c1. The molecule has 0 aliphatic rings. The summed E-state index contributed by atoms with van der Waals surface area (Å²) in [5.74, 6) is -1.14. The summed E-state index contributed by atoms with van der Waals surface area (Å²) < 4.78 is 74.0. The first-order chi connectivity index (χ1) is 11.8. The Morgan fingerprint density at radius 1 is 1.31 bits per heavy atom. The molecule has 0 saturated heterocycles. The van der Waals surface area contributed by atoms with E-state index >= 15 is 0 Å². The van der Waals surface area contributed by atoms with Gasteiger partial charge in [-0.25, -0.2) is 4.18 Å². The van der Waals surface area contributed by atoms with Crippen LogP contribution in [0.3, 0.4) is 0 Å². The molecule has 2 N–H and O–H groups in total. The molecule has 0 heterocycles. The molecule has 0 bridgehead atoms. The fraction of sp³-hybridized carbons (Fsp3) is 0.462. The number of nitro groups is 1. The molecule has 9 nitrogen and oxygen atoms in total. The molecule has 0 aliphatic carbocycles. The van der Waals surface area contributed by atoms with Crippen molar-refractivity contribution in [2.24, 2.45) is 0 Å². The van der Waals surface area contributed by atoms with Crippen molar-refractivity contribution in [2.75, 3.05) is 5.32 Å². The second-order valence-electron chi connectivity index (χ2n) is 5.15. The first-order valence-corrected chi connectivity index (χ1v) is 8.47. The molecule has 0 spiro atoms. The molecule has 1 rings (SSSR count). The van der Waals surface area contributed by atoms with Gasteiger partial charge in [-0.15, -0.1) is 0 Å². The predicted octanol–water partition coefficient (Wildman–Crippen LogP) is 2.93. The van der Waals surface area contributed by atoms with Crippen LogP contribution in [-0.4, -0.2) is 29.4 Å². The van der Waals surface area contributed by atoms with Crippen molar-refractivity contribution in [3.63, 3.8) is 0 Å². The van der Waals surface area contributed by atoms with Gasteiger partial charge >= 0.3 is 16.6 Å². The Labute approximate surface area is 146 Å². The van der Waals surface area contributed by atoms with Crippen LogP contribution in [0.15, 0.2) is 18.2 Å². The number of hydrogen-bond donors (Lipinski definition) is 2. The van der Waals surface area contributed by atoms with Crippen molar-refractivity contribution in [2.45, 2.75) is 38.5 Å². The first-order valence-electron chi connectivity index (χ1n) is 7.11. The Bertz CT molecular complexity index is 804. The van der Waals surface area contributed by atoms with Crippen LogP contribution in [0.25, 0.3) is 0 Å². The number of amides is 1. The summed E-state index contributed by atoms with van der Waals surface area (Å²) in [5.41, 5.74) is -5.32. The lowest BCUT2D eigenvalue weighted by atomic mass is 9.96. The average Bonchev–Trinajstić information content (AvgIpc) is 2.50. The summed E-state index contributed by atoms with van der Waals surface area (Å²) >= 11 is 0. The van der Waals surface area contributed by atoms with Gasteiger partial charge in [-0.05, 0) is 25.0 Å². The van der Waals surface area contributed by atoms with Crippen LogP contribution < -0.4 is 5.32 Å². The minimum absolute atomic E-state index is 0.228. The first kappa shape index (κ1) is 21.8. The van der Waals surface area contributed by atoms with E-state index in [1.807, 2.05) is 5.32 Å². The summed E-state index contributed by atoms with van der Waals surface area (Å²) in [5, 5.41) is 12.7. The summed E-state index contributed by atoms with van der Waals surface area (Å²) in [7, 11) is -5.02. The Morgan fingerprint density at radius 3 is 2.23 bits per heavy atom. The number of carbonyl (C=O) groups excluding carboxylic acids is 1. The number of halogens is 3. The van der Waals surface area contributed by atoms with Crippen LogP contribution in [0.4, 0.5) is 24.5 Å². The monoisotopic (exact) mass is 400 g/mol. The van der Waals surface area contributed by atoms with E-state index in [2.05, 4.69) is 4.18 Å². The van der Waals surface area contributed by atoms with Gasteiger partial charge in [0.2, 0.25) is 0 Å². The lowest BCUT2D eigenvalue weighted by Gasteiger charge is -2.28. The van der Waals surface area contributed by atoms with Crippen LogP contribution in [0.1, 0.15) is 32.3 Å². The fourth-order valence-electron chi connectivity index (χ4n) is 2.17. The van der Waals surface area contributed by atoms with E-state index in [-0.39, 0.29) is 12.8 Å². The van der Waals surface area contributed by atoms with Gasteiger partial charge in [-0.2, -0.15) is 21.6 Å². The zero-order valence-corrected chi connectivity index (χ0v) is 14.3. The molecule has 0 aromatic heterocycles. The maximum absolute atomic E-state index is 13.0. The molecule has 13 heteroatoms. The van der Waals surface area contributed by atoms with E-state index in [1.54, 1.807) is 0 Å². The van der Waals surface area contributed by atoms with E-state index in [0.29, 0.717) is 12.1 Å². The van der Waals surface area contributed by atoms with E-state index in [4.69, 9.17) is 4.55 Å². The molecule has 1 aromatic rings. The van der Waals surface area contributed by atoms with Gasteiger partial charge in [0.05, 0.1) is 4.92 Å². The van der Waals surface area contributed by atoms with Crippen molar-refractivity contribution >= 4 is 27.7 Å². The van der Waals surface area contributed by atoms with Gasteiger partial charge in [-0.1, -0.05) is 13.8 Å². The number of nitrogens with one attached hydrogen (secondary N) is 1. The fourth-order valence-corrected chi connectivity index (χ4v) is 2.89. The largest absolute Gasteiger partial charge is 0.423 e. The van der Waals surface area contributed by atoms with Crippen LogP contribution in [0.2, 0.25) is 0 Å². The van der Waals surface area contributed by atoms with E-state index in [9.17, 15) is 36.5 Å². The number of alkyl halides is 3. The third kappa shape index (κ3) is 5.12. The Morgan fingerprint density at radius 2 is 1.85 bits per heavy atom. The highest BCUT2D eigenvalue weighted by Crippen LogP contribution is 2.38. The number of anilines is 1. The minimum Gasteiger partial charge on any atom is -0.324 e. The zero-order chi connectivity index (χ0) is 20.3. The zero-order valence-electron chi connectivity index (χ0n) is 13.5. The normalized spacial score (nSPS) is 12.7. The number of nitro benzene ring substituents is 1. The number of benzene rings is 1. The van der Waals surface area contributed by atoms with Gasteiger partial charge in [0.15, 0.2) is 5.60 Å². The van der Waals surface area contributed by atoms with E-state index in [1.165, 1.54) is 13.8 Å². The quantitative estimate of drug-likeness (QED) is 0.408. The number of rotatable bonds is 7. The highest BCUT2D eigenvalue weighted by molar-refractivity contribution is 7.81. The van der Waals surface area contributed by atoms with E-state index < -0.39 is 49.9 Å².